The van der Waals surface area contributed by atoms with E-state index >= 15 is 0 Å². The summed E-state index contributed by atoms with van der Waals surface area (Å²) in [6, 6.07) is 11.4. The zero-order chi connectivity index (χ0) is 39.2. The molecule has 296 valence electrons. The first kappa shape index (κ1) is 37.7. The van der Waals surface area contributed by atoms with Crippen LogP contribution in [0.1, 0.15) is 77.1 Å². The minimum Gasteiger partial charge on any atom is -0.453 e. The fraction of sp³-hybridized carbons (Fsp3) is 0.488. The molecule has 4 N–H and O–H groups in total. The van der Waals surface area contributed by atoms with Crippen molar-refractivity contribution in [3.8, 4) is 22.5 Å². The number of nitrogens with one attached hydrogen (secondary N) is 4. The zero-order valence-electron chi connectivity index (χ0n) is 32.8. The number of aryl methyl sites for hydroxylation is 1. The Kier molecular flexibility index (Phi) is 10.3. The highest BCUT2D eigenvalue weighted by atomic mass is 16.9. The summed E-state index contributed by atoms with van der Waals surface area (Å²) in [6.45, 7) is 9.37. The number of methoxy groups -OCH3 is 1. The molecule has 6 heterocycles. The number of imidazole rings is 2. The number of hydrogen-bond acceptors (Lipinski definition) is 9. The van der Waals surface area contributed by atoms with Crippen LogP contribution in [-0.2, 0) is 30.8 Å². The van der Waals surface area contributed by atoms with E-state index < -0.39 is 24.6 Å². The van der Waals surface area contributed by atoms with Gasteiger partial charge in [0, 0.05) is 53.1 Å². The topological polar surface area (TPSA) is 172 Å². The Labute approximate surface area is 325 Å². The van der Waals surface area contributed by atoms with Gasteiger partial charge in [0.1, 0.15) is 17.7 Å². The third-order valence-electron chi connectivity index (χ3n) is 11.6. The summed E-state index contributed by atoms with van der Waals surface area (Å²) < 4.78 is 17.7. The molecule has 0 radical (unpaired) electrons. The number of aromatic nitrogens is 5. The predicted octanol–water partition coefficient (Wildman–Crippen LogP) is 5.72. The monoisotopic (exact) mass is 765 g/mol. The Bertz CT molecular complexity index is 2250. The molecular formula is C41H51N9O6. The maximum atomic E-state index is 13.8. The van der Waals surface area contributed by atoms with Crippen molar-refractivity contribution in [2.75, 3.05) is 27.0 Å². The number of carbonyl (C=O) groups excluding carboxylic acids is 3. The van der Waals surface area contributed by atoms with E-state index in [4.69, 9.17) is 24.2 Å². The third-order valence-corrected chi connectivity index (χ3v) is 11.6. The first-order chi connectivity index (χ1) is 27.0. The van der Waals surface area contributed by atoms with Crippen molar-refractivity contribution in [2.24, 2.45) is 18.9 Å². The first-order valence-electron chi connectivity index (χ1n) is 19.6. The quantitative estimate of drug-likeness (QED) is 0.131. The SMILES string of the molecule is COC(=O)N[C@H](C(=O)N1CCC[C@H]1c1ncc(-c2ccc3c4ccc(-c5cnc([C@@H]6CCCN6C(=O)[C@@H](NC6OCO6)C(C)C)[nH]5)cc4n(C)c3c2)[nH]1)C(C)C. The number of carbonyl (C=O) groups is 3. The van der Waals surface area contributed by atoms with E-state index in [0.29, 0.717) is 13.1 Å². The van der Waals surface area contributed by atoms with Gasteiger partial charge in [0.2, 0.25) is 18.2 Å². The molecule has 2 aromatic carbocycles. The molecule has 15 heteroatoms. The Morgan fingerprint density at radius 2 is 1.29 bits per heavy atom. The van der Waals surface area contributed by atoms with Crippen LogP contribution in [0.4, 0.5) is 4.79 Å². The van der Waals surface area contributed by atoms with Gasteiger partial charge in [-0.15, -0.1) is 0 Å². The van der Waals surface area contributed by atoms with Gasteiger partial charge in [-0.25, -0.2) is 14.8 Å². The number of hydrogen-bond donors (Lipinski definition) is 4. The Morgan fingerprint density at radius 1 is 0.786 bits per heavy atom. The second-order valence-electron chi connectivity index (χ2n) is 15.8. The number of rotatable bonds is 11. The summed E-state index contributed by atoms with van der Waals surface area (Å²) in [7, 11) is 3.37. The molecule has 3 aliphatic heterocycles. The summed E-state index contributed by atoms with van der Waals surface area (Å²) in [5.74, 6) is 1.36. The van der Waals surface area contributed by atoms with Gasteiger partial charge < -0.3 is 43.9 Å². The Balaban J connectivity index is 1.01. The molecule has 0 aliphatic carbocycles. The molecule has 0 unspecified atom stereocenters. The molecule has 0 bridgehead atoms. The molecule has 0 spiro atoms. The van der Waals surface area contributed by atoms with Crippen LogP contribution in [0, 0.1) is 11.8 Å². The van der Waals surface area contributed by atoms with E-state index in [-0.39, 0.29) is 42.5 Å². The summed E-state index contributed by atoms with van der Waals surface area (Å²) >= 11 is 0. The molecule has 0 saturated carbocycles. The maximum absolute atomic E-state index is 13.8. The smallest absolute Gasteiger partial charge is 0.407 e. The van der Waals surface area contributed by atoms with Crippen molar-refractivity contribution in [3.05, 3.63) is 60.4 Å². The lowest BCUT2D eigenvalue weighted by atomic mass is 10.0. The largest absolute Gasteiger partial charge is 0.453 e. The second kappa shape index (κ2) is 15.4. The van der Waals surface area contributed by atoms with Crippen LogP contribution >= 0.6 is 0 Å². The van der Waals surface area contributed by atoms with Gasteiger partial charge in [0.05, 0.1) is 49.0 Å². The number of alkyl carbamates (subject to hydrolysis) is 1. The number of benzene rings is 2. The molecule has 3 fully saturated rings. The summed E-state index contributed by atoms with van der Waals surface area (Å²) in [5, 5.41) is 8.20. The van der Waals surface area contributed by atoms with Crippen LogP contribution in [0.2, 0.25) is 0 Å². The molecule has 8 rings (SSSR count). The van der Waals surface area contributed by atoms with Gasteiger partial charge >= 0.3 is 6.09 Å². The fourth-order valence-electron chi connectivity index (χ4n) is 8.46. The maximum Gasteiger partial charge on any atom is 0.407 e. The molecule has 4 atom stereocenters. The van der Waals surface area contributed by atoms with Crippen LogP contribution in [0.25, 0.3) is 44.3 Å². The second-order valence-corrected chi connectivity index (χ2v) is 15.8. The van der Waals surface area contributed by atoms with Crippen molar-refractivity contribution in [1.29, 1.82) is 0 Å². The minimum atomic E-state index is -0.690. The number of aromatic amines is 2. The number of fused-ring (bicyclic) bond motifs is 3. The van der Waals surface area contributed by atoms with Gasteiger partial charge in [-0.3, -0.25) is 14.9 Å². The number of nitrogens with zero attached hydrogens (tertiary/aromatic N) is 5. The molecule has 56 heavy (non-hydrogen) atoms. The lowest BCUT2D eigenvalue weighted by Gasteiger charge is -2.35. The van der Waals surface area contributed by atoms with Gasteiger partial charge in [0.25, 0.3) is 0 Å². The Morgan fingerprint density at radius 3 is 1.73 bits per heavy atom. The number of amides is 3. The van der Waals surface area contributed by atoms with Crippen molar-refractivity contribution < 1.29 is 28.6 Å². The van der Waals surface area contributed by atoms with E-state index in [1.165, 1.54) is 7.11 Å². The highest BCUT2D eigenvalue weighted by Gasteiger charge is 2.39. The van der Waals surface area contributed by atoms with Crippen molar-refractivity contribution in [3.63, 3.8) is 0 Å². The summed E-state index contributed by atoms with van der Waals surface area (Å²) in [4.78, 5) is 59.8. The average molecular weight is 766 g/mol. The molecule has 15 nitrogen and oxygen atoms in total. The van der Waals surface area contributed by atoms with E-state index in [1.54, 1.807) is 0 Å². The van der Waals surface area contributed by atoms with Crippen molar-refractivity contribution >= 4 is 39.7 Å². The standard InChI is InChI=1S/C41H51N9O6/c1-22(2)34(46-40(53)54-6)38(51)49-15-7-9-30(49)36-42-19-28(44-36)24-11-13-26-27-14-12-25(18-33(27)48(5)32(26)17-24)29-20-43-37(45-29)31-10-8-16-50(31)39(52)35(23(3)4)47-41-55-21-56-41/h11-14,17-20,22-23,30-31,34-35,41,47H,7-10,15-16,21H2,1-6H3,(H,42,44)(H,43,45)(H,46,53)/t30-,31-,34-,35-/m0/s1. The fourth-order valence-corrected chi connectivity index (χ4v) is 8.46. The van der Waals surface area contributed by atoms with E-state index in [1.807, 2.05) is 49.9 Å². The molecular weight excluding hydrogens is 715 g/mol. The van der Waals surface area contributed by atoms with E-state index in [0.717, 1.165) is 81.7 Å². The highest BCUT2D eigenvalue weighted by Crippen LogP contribution is 2.37. The van der Waals surface area contributed by atoms with Gasteiger partial charge in [-0.2, -0.15) is 0 Å². The van der Waals surface area contributed by atoms with Crippen LogP contribution in [-0.4, -0.2) is 97.7 Å². The molecule has 3 saturated heterocycles. The van der Waals surface area contributed by atoms with Crippen molar-refractivity contribution in [1.82, 2.24) is 44.9 Å². The van der Waals surface area contributed by atoms with Crippen LogP contribution < -0.4 is 10.6 Å². The van der Waals surface area contributed by atoms with E-state index in [9.17, 15) is 14.4 Å². The minimum absolute atomic E-state index is 0.0302. The lowest BCUT2D eigenvalue weighted by molar-refractivity contribution is -0.335. The molecule has 5 aromatic rings. The summed E-state index contributed by atoms with van der Waals surface area (Å²) in [5.41, 5.74) is 5.92. The van der Waals surface area contributed by atoms with Crippen LogP contribution in [0.3, 0.4) is 0 Å². The van der Waals surface area contributed by atoms with Crippen LogP contribution in [0.15, 0.2) is 48.8 Å². The normalized spacial score (nSPS) is 20.0. The number of ether oxygens (including phenoxy) is 3. The van der Waals surface area contributed by atoms with Crippen molar-refractivity contribution in [2.45, 2.75) is 84.0 Å². The third kappa shape index (κ3) is 6.92. The Hall–Kier alpha value is -5.25. The first-order valence-corrected chi connectivity index (χ1v) is 19.6. The van der Waals surface area contributed by atoms with Gasteiger partial charge in [0.15, 0.2) is 6.79 Å². The van der Waals surface area contributed by atoms with Gasteiger partial charge in [-0.05, 0) is 49.7 Å². The highest BCUT2D eigenvalue weighted by molar-refractivity contribution is 6.09. The lowest BCUT2D eigenvalue weighted by Crippen LogP contribution is -2.56. The molecule has 3 amide bonds. The zero-order valence-corrected chi connectivity index (χ0v) is 32.8. The van der Waals surface area contributed by atoms with Crippen LogP contribution in [0.5, 0.6) is 0 Å². The summed E-state index contributed by atoms with van der Waals surface area (Å²) in [6.07, 6.45) is 5.90. The van der Waals surface area contributed by atoms with E-state index in [2.05, 4.69) is 68.6 Å². The predicted molar refractivity (Wildman–Crippen MR) is 210 cm³/mol. The van der Waals surface area contributed by atoms with Gasteiger partial charge in [-0.1, -0.05) is 52.0 Å². The number of H-pyrrole nitrogens is 2. The average Bonchev–Trinajstić information content (AvgIpc) is 4.02. The molecule has 3 aliphatic rings. The molecule has 3 aromatic heterocycles. The number of likely N-dealkylation sites (tertiary alicyclic amines) is 2.